The Morgan fingerprint density at radius 2 is 2.19 bits per heavy atom. The van der Waals surface area contributed by atoms with Gasteiger partial charge in [-0.05, 0) is 13.8 Å². The standard InChI is InChI=1S/C10H17N5O/c1-3-15(4-2)9(16)6-13-10-8(11)5-12-7-14-10/h5,7H,3-4,6,11H2,1-2H3,(H,12,13,14). The van der Waals surface area contributed by atoms with Gasteiger partial charge in [0, 0.05) is 13.1 Å². The van der Waals surface area contributed by atoms with Crippen LogP contribution in [0.1, 0.15) is 13.8 Å². The summed E-state index contributed by atoms with van der Waals surface area (Å²) in [5.41, 5.74) is 6.08. The van der Waals surface area contributed by atoms with Gasteiger partial charge in [-0.1, -0.05) is 0 Å². The zero-order chi connectivity index (χ0) is 12.0. The Morgan fingerprint density at radius 3 is 2.75 bits per heavy atom. The highest BCUT2D eigenvalue weighted by molar-refractivity contribution is 5.81. The van der Waals surface area contributed by atoms with Crippen molar-refractivity contribution in [2.75, 3.05) is 30.7 Å². The number of nitrogens with one attached hydrogen (secondary N) is 1. The van der Waals surface area contributed by atoms with Gasteiger partial charge in [-0.25, -0.2) is 9.97 Å². The molecule has 1 heterocycles. The van der Waals surface area contributed by atoms with Gasteiger partial charge in [0.1, 0.15) is 6.33 Å². The highest BCUT2D eigenvalue weighted by Gasteiger charge is 2.09. The molecular weight excluding hydrogens is 206 g/mol. The van der Waals surface area contributed by atoms with E-state index in [-0.39, 0.29) is 12.5 Å². The van der Waals surface area contributed by atoms with Crippen LogP contribution in [0.15, 0.2) is 12.5 Å². The first-order chi connectivity index (χ1) is 7.69. The van der Waals surface area contributed by atoms with Crippen molar-refractivity contribution in [1.82, 2.24) is 14.9 Å². The summed E-state index contributed by atoms with van der Waals surface area (Å²) in [6.07, 6.45) is 2.89. The number of hydrogen-bond donors (Lipinski definition) is 2. The normalized spacial score (nSPS) is 9.88. The maximum absolute atomic E-state index is 11.7. The zero-order valence-electron chi connectivity index (χ0n) is 9.60. The van der Waals surface area contributed by atoms with Crippen LogP contribution >= 0.6 is 0 Å². The molecule has 16 heavy (non-hydrogen) atoms. The zero-order valence-corrected chi connectivity index (χ0v) is 9.60. The average Bonchev–Trinajstić information content (AvgIpc) is 2.29. The molecule has 0 aliphatic carbocycles. The molecule has 6 nitrogen and oxygen atoms in total. The maximum Gasteiger partial charge on any atom is 0.241 e. The van der Waals surface area contributed by atoms with E-state index in [2.05, 4.69) is 15.3 Å². The molecule has 0 radical (unpaired) electrons. The minimum atomic E-state index is 0.0306. The lowest BCUT2D eigenvalue weighted by Crippen LogP contribution is -2.35. The van der Waals surface area contributed by atoms with Gasteiger partial charge in [0.15, 0.2) is 5.82 Å². The van der Waals surface area contributed by atoms with Crippen molar-refractivity contribution in [1.29, 1.82) is 0 Å². The molecule has 1 aromatic rings. The van der Waals surface area contributed by atoms with Crippen LogP contribution in [0.5, 0.6) is 0 Å². The first-order valence-corrected chi connectivity index (χ1v) is 5.26. The average molecular weight is 223 g/mol. The van der Waals surface area contributed by atoms with Gasteiger partial charge in [-0.2, -0.15) is 0 Å². The van der Waals surface area contributed by atoms with Crippen LogP contribution in [0, 0.1) is 0 Å². The molecule has 0 unspecified atom stereocenters. The number of rotatable bonds is 5. The minimum absolute atomic E-state index is 0.0306. The number of amides is 1. The lowest BCUT2D eigenvalue weighted by atomic mass is 10.4. The minimum Gasteiger partial charge on any atom is -0.394 e. The third kappa shape index (κ3) is 3.08. The molecule has 0 atom stereocenters. The molecule has 0 spiro atoms. The largest absolute Gasteiger partial charge is 0.394 e. The summed E-state index contributed by atoms with van der Waals surface area (Å²) in [6.45, 7) is 5.50. The van der Waals surface area contributed by atoms with Crippen LogP contribution in [0.25, 0.3) is 0 Å². The smallest absolute Gasteiger partial charge is 0.241 e. The first kappa shape index (κ1) is 12.2. The number of hydrogen-bond acceptors (Lipinski definition) is 5. The molecule has 3 N–H and O–H groups in total. The summed E-state index contributed by atoms with van der Waals surface area (Å²) in [5.74, 6) is 0.526. The van der Waals surface area contributed by atoms with E-state index in [4.69, 9.17) is 5.73 Å². The van der Waals surface area contributed by atoms with Crippen molar-refractivity contribution in [3.05, 3.63) is 12.5 Å². The molecule has 0 saturated carbocycles. The predicted octanol–water partition coefficient (Wildman–Crippen LogP) is 0.339. The number of nitrogen functional groups attached to an aromatic ring is 1. The van der Waals surface area contributed by atoms with Crippen molar-refractivity contribution >= 4 is 17.4 Å². The molecule has 0 aliphatic rings. The molecule has 1 amide bonds. The quantitative estimate of drug-likeness (QED) is 0.752. The summed E-state index contributed by atoms with van der Waals surface area (Å²) in [7, 11) is 0. The lowest BCUT2D eigenvalue weighted by Gasteiger charge is -2.19. The van der Waals surface area contributed by atoms with E-state index < -0.39 is 0 Å². The van der Waals surface area contributed by atoms with Crippen molar-refractivity contribution in [3.63, 3.8) is 0 Å². The molecule has 0 aromatic carbocycles. The van der Waals surface area contributed by atoms with Crippen molar-refractivity contribution < 1.29 is 4.79 Å². The molecule has 1 aromatic heterocycles. The van der Waals surface area contributed by atoms with Gasteiger partial charge < -0.3 is 16.0 Å². The van der Waals surface area contributed by atoms with Gasteiger partial charge in [-0.15, -0.1) is 0 Å². The Balaban J connectivity index is 2.52. The number of anilines is 2. The Hall–Kier alpha value is -1.85. The van der Waals surface area contributed by atoms with Gasteiger partial charge in [0.2, 0.25) is 5.91 Å². The number of aromatic nitrogens is 2. The van der Waals surface area contributed by atoms with Crippen LogP contribution in [0.3, 0.4) is 0 Å². The van der Waals surface area contributed by atoms with E-state index >= 15 is 0 Å². The monoisotopic (exact) mass is 223 g/mol. The van der Waals surface area contributed by atoms with Crippen LogP contribution in [-0.2, 0) is 4.79 Å². The number of nitrogens with two attached hydrogens (primary N) is 1. The van der Waals surface area contributed by atoms with Gasteiger partial charge >= 0.3 is 0 Å². The second-order valence-corrected chi connectivity index (χ2v) is 3.25. The summed E-state index contributed by atoms with van der Waals surface area (Å²) in [4.78, 5) is 21.1. The highest BCUT2D eigenvalue weighted by atomic mass is 16.2. The van der Waals surface area contributed by atoms with Crippen molar-refractivity contribution in [3.8, 4) is 0 Å². The fraction of sp³-hybridized carbons (Fsp3) is 0.500. The summed E-state index contributed by atoms with van der Waals surface area (Å²) < 4.78 is 0. The summed E-state index contributed by atoms with van der Waals surface area (Å²) in [5, 5.41) is 2.89. The molecular formula is C10H17N5O. The van der Waals surface area contributed by atoms with E-state index in [1.165, 1.54) is 12.5 Å². The molecule has 6 heteroatoms. The summed E-state index contributed by atoms with van der Waals surface area (Å²) in [6, 6.07) is 0. The highest BCUT2D eigenvalue weighted by Crippen LogP contribution is 2.10. The molecule has 0 fully saturated rings. The van der Waals surface area contributed by atoms with Crippen LogP contribution in [-0.4, -0.2) is 40.4 Å². The third-order valence-electron chi connectivity index (χ3n) is 2.26. The number of likely N-dealkylation sites (N-methyl/N-ethyl adjacent to an activating group) is 1. The fourth-order valence-electron chi connectivity index (χ4n) is 1.34. The molecule has 1 rings (SSSR count). The van der Waals surface area contributed by atoms with Gasteiger partial charge in [-0.3, -0.25) is 4.79 Å². The van der Waals surface area contributed by atoms with E-state index in [0.29, 0.717) is 24.6 Å². The Kier molecular flexibility index (Phi) is 4.50. The van der Waals surface area contributed by atoms with E-state index in [1.807, 2.05) is 13.8 Å². The van der Waals surface area contributed by atoms with E-state index in [0.717, 1.165) is 0 Å². The van der Waals surface area contributed by atoms with Crippen LogP contribution in [0.2, 0.25) is 0 Å². The fourth-order valence-corrected chi connectivity index (χ4v) is 1.34. The van der Waals surface area contributed by atoms with Gasteiger partial charge in [0.25, 0.3) is 0 Å². The number of carbonyl (C=O) groups is 1. The summed E-state index contributed by atoms with van der Waals surface area (Å²) >= 11 is 0. The van der Waals surface area contributed by atoms with Crippen LogP contribution in [0.4, 0.5) is 11.5 Å². The molecule has 0 saturated heterocycles. The Morgan fingerprint density at radius 1 is 1.50 bits per heavy atom. The second kappa shape index (κ2) is 5.89. The second-order valence-electron chi connectivity index (χ2n) is 3.25. The lowest BCUT2D eigenvalue weighted by molar-refractivity contribution is -0.128. The first-order valence-electron chi connectivity index (χ1n) is 5.26. The van der Waals surface area contributed by atoms with Crippen molar-refractivity contribution in [2.45, 2.75) is 13.8 Å². The predicted molar refractivity (Wildman–Crippen MR) is 62.9 cm³/mol. The number of carbonyl (C=O) groups excluding carboxylic acids is 1. The Bertz CT molecular complexity index is 351. The van der Waals surface area contributed by atoms with Crippen LogP contribution < -0.4 is 11.1 Å². The third-order valence-corrected chi connectivity index (χ3v) is 2.26. The SMILES string of the molecule is CCN(CC)C(=O)CNc1ncncc1N. The topological polar surface area (TPSA) is 84.1 Å². The number of nitrogens with zero attached hydrogens (tertiary/aromatic N) is 3. The molecule has 0 aliphatic heterocycles. The van der Waals surface area contributed by atoms with Crippen molar-refractivity contribution in [2.24, 2.45) is 0 Å². The Labute approximate surface area is 94.9 Å². The maximum atomic E-state index is 11.7. The van der Waals surface area contributed by atoms with E-state index in [1.54, 1.807) is 4.90 Å². The molecule has 88 valence electrons. The van der Waals surface area contributed by atoms with E-state index in [9.17, 15) is 4.79 Å². The van der Waals surface area contributed by atoms with Gasteiger partial charge in [0.05, 0.1) is 18.4 Å². The molecule has 0 bridgehead atoms.